The number of nitrogens with zero attached hydrogens (tertiary/aromatic N) is 4. The van der Waals surface area contributed by atoms with Crippen LogP contribution in [-0.4, -0.2) is 59.7 Å². The van der Waals surface area contributed by atoms with Crippen molar-refractivity contribution in [2.75, 3.05) is 29.9 Å². The standard InChI is InChI=1S/C21H23ClFN7O4S/c1-30-10-14(18(28-30)13-8-12(22)9-16(17(13)23)29-35(3,32)33)15-4-7-24-19(26-15)25-11-21(5-6-21)27-20(31)34-2/h4,7-10,29H,5-6,11H2,1-3H3,(H,27,31)(H,24,25,26). The maximum Gasteiger partial charge on any atom is 0.407 e. The lowest BCUT2D eigenvalue weighted by atomic mass is 10.0. The van der Waals surface area contributed by atoms with Gasteiger partial charge in [0, 0.05) is 42.1 Å². The number of rotatable bonds is 8. The number of methoxy groups -OCH3 is 1. The highest BCUT2D eigenvalue weighted by atomic mass is 35.5. The third-order valence-electron chi connectivity index (χ3n) is 5.34. The van der Waals surface area contributed by atoms with Gasteiger partial charge < -0.3 is 15.4 Å². The minimum atomic E-state index is -3.74. The molecule has 0 unspecified atom stereocenters. The Morgan fingerprint density at radius 2 is 2.06 bits per heavy atom. The number of amides is 1. The number of hydrogen-bond acceptors (Lipinski definition) is 8. The van der Waals surface area contributed by atoms with Gasteiger partial charge in [0.15, 0.2) is 5.82 Å². The second-order valence-electron chi connectivity index (χ2n) is 8.27. The first kappa shape index (κ1) is 24.7. The van der Waals surface area contributed by atoms with Crippen LogP contribution >= 0.6 is 11.6 Å². The van der Waals surface area contributed by atoms with Gasteiger partial charge in [-0.3, -0.25) is 9.40 Å². The first-order chi connectivity index (χ1) is 16.5. The minimum Gasteiger partial charge on any atom is -0.453 e. The lowest BCUT2D eigenvalue weighted by Crippen LogP contribution is -2.42. The van der Waals surface area contributed by atoms with E-state index in [-0.39, 0.29) is 22.0 Å². The van der Waals surface area contributed by atoms with E-state index in [1.54, 1.807) is 25.5 Å². The van der Waals surface area contributed by atoms with Gasteiger partial charge in [-0.15, -0.1) is 0 Å². The van der Waals surface area contributed by atoms with Crippen LogP contribution in [0.5, 0.6) is 0 Å². The smallest absolute Gasteiger partial charge is 0.407 e. The van der Waals surface area contributed by atoms with Gasteiger partial charge in [0.2, 0.25) is 16.0 Å². The summed E-state index contributed by atoms with van der Waals surface area (Å²) in [7, 11) is -0.765. The van der Waals surface area contributed by atoms with Gasteiger partial charge in [-0.05, 0) is 31.0 Å². The molecule has 11 nitrogen and oxygen atoms in total. The van der Waals surface area contributed by atoms with Gasteiger partial charge in [0.05, 0.1) is 30.3 Å². The lowest BCUT2D eigenvalue weighted by molar-refractivity contribution is 0.166. The fraction of sp³-hybridized carbons (Fsp3) is 0.333. The van der Waals surface area contributed by atoms with Gasteiger partial charge >= 0.3 is 6.09 Å². The number of halogens is 2. The van der Waals surface area contributed by atoms with Crippen molar-refractivity contribution in [3.63, 3.8) is 0 Å². The van der Waals surface area contributed by atoms with Crippen LogP contribution in [0.1, 0.15) is 12.8 Å². The van der Waals surface area contributed by atoms with Crippen LogP contribution in [0, 0.1) is 5.82 Å². The average Bonchev–Trinajstić information content (AvgIpc) is 3.44. The zero-order valence-corrected chi connectivity index (χ0v) is 20.7. The number of sulfonamides is 1. The molecular weight excluding hydrogens is 501 g/mol. The van der Waals surface area contributed by atoms with E-state index < -0.39 is 27.5 Å². The molecule has 0 bridgehead atoms. The van der Waals surface area contributed by atoms with Crippen LogP contribution in [0.2, 0.25) is 5.02 Å². The Morgan fingerprint density at radius 1 is 1.31 bits per heavy atom. The van der Waals surface area contributed by atoms with E-state index in [2.05, 4.69) is 35.2 Å². The summed E-state index contributed by atoms with van der Waals surface area (Å²) in [6, 6.07) is 4.20. The van der Waals surface area contributed by atoms with Crippen molar-refractivity contribution < 1.29 is 22.3 Å². The van der Waals surface area contributed by atoms with Gasteiger partial charge in [0.25, 0.3) is 0 Å². The third kappa shape index (κ3) is 5.80. The predicted molar refractivity (Wildman–Crippen MR) is 129 cm³/mol. The second-order valence-corrected chi connectivity index (χ2v) is 10.5. The number of benzene rings is 1. The van der Waals surface area contributed by atoms with Crippen molar-refractivity contribution in [2.45, 2.75) is 18.4 Å². The Hall–Kier alpha value is -3.45. The topological polar surface area (TPSA) is 140 Å². The van der Waals surface area contributed by atoms with Gasteiger partial charge in [0.1, 0.15) is 5.69 Å². The SMILES string of the molecule is COC(=O)NC1(CNc2nccc(-c3cn(C)nc3-c3cc(Cl)cc(NS(C)(=O)=O)c3F)n2)CC1. The average molecular weight is 524 g/mol. The number of aromatic nitrogens is 4. The van der Waals surface area contributed by atoms with E-state index in [0.717, 1.165) is 19.1 Å². The predicted octanol–water partition coefficient (Wildman–Crippen LogP) is 3.01. The number of aryl methyl sites for hydroxylation is 1. The first-order valence-corrected chi connectivity index (χ1v) is 12.7. The molecule has 186 valence electrons. The number of carbonyl (C=O) groups excluding carboxylic acids is 1. The number of nitrogens with one attached hydrogen (secondary N) is 3. The van der Waals surface area contributed by atoms with Crippen molar-refractivity contribution in [1.29, 1.82) is 0 Å². The number of hydrogen-bond donors (Lipinski definition) is 3. The highest BCUT2D eigenvalue weighted by Crippen LogP contribution is 2.37. The van der Waals surface area contributed by atoms with Gasteiger partial charge in [-0.25, -0.2) is 27.6 Å². The van der Waals surface area contributed by atoms with E-state index in [4.69, 9.17) is 11.6 Å². The van der Waals surface area contributed by atoms with E-state index in [9.17, 15) is 13.2 Å². The number of ether oxygens (including phenoxy) is 1. The summed E-state index contributed by atoms with van der Waals surface area (Å²) in [6.07, 6.45) is 5.19. The van der Waals surface area contributed by atoms with Crippen molar-refractivity contribution in [1.82, 2.24) is 25.1 Å². The molecule has 0 spiro atoms. The summed E-state index contributed by atoms with van der Waals surface area (Å²) in [6.45, 7) is 0.398. The number of anilines is 2. The minimum absolute atomic E-state index is 0.00610. The molecule has 1 aromatic carbocycles. The molecule has 1 fully saturated rings. The van der Waals surface area contributed by atoms with E-state index in [0.29, 0.717) is 23.8 Å². The molecule has 0 aliphatic heterocycles. The molecule has 0 saturated heterocycles. The molecule has 1 saturated carbocycles. The van der Waals surface area contributed by atoms with E-state index in [1.165, 1.54) is 23.9 Å². The summed E-state index contributed by atoms with van der Waals surface area (Å²) in [5, 5.41) is 10.4. The monoisotopic (exact) mass is 523 g/mol. The molecule has 3 N–H and O–H groups in total. The van der Waals surface area contributed by atoms with Gasteiger partial charge in [-0.1, -0.05) is 11.6 Å². The molecule has 3 aromatic rings. The van der Waals surface area contributed by atoms with Gasteiger partial charge in [-0.2, -0.15) is 5.10 Å². The molecule has 4 rings (SSSR count). The first-order valence-electron chi connectivity index (χ1n) is 10.4. The van der Waals surface area contributed by atoms with Crippen LogP contribution in [0.4, 0.5) is 20.8 Å². The quantitative estimate of drug-likeness (QED) is 0.409. The zero-order chi connectivity index (χ0) is 25.4. The molecular formula is C21H23ClFN7O4S. The van der Waals surface area contributed by atoms with Crippen molar-refractivity contribution in [3.8, 4) is 22.5 Å². The summed E-state index contributed by atoms with van der Waals surface area (Å²) >= 11 is 6.16. The highest BCUT2D eigenvalue weighted by molar-refractivity contribution is 7.92. The van der Waals surface area contributed by atoms with Crippen molar-refractivity contribution >= 4 is 39.4 Å². The third-order valence-corrected chi connectivity index (χ3v) is 6.15. The largest absolute Gasteiger partial charge is 0.453 e. The summed E-state index contributed by atoms with van der Waals surface area (Å²) < 4.78 is 46.9. The van der Waals surface area contributed by atoms with Crippen LogP contribution in [-0.2, 0) is 21.8 Å². The molecule has 1 aliphatic carbocycles. The van der Waals surface area contributed by atoms with Crippen LogP contribution < -0.4 is 15.4 Å². The molecule has 1 aliphatic rings. The summed E-state index contributed by atoms with van der Waals surface area (Å²) in [5.74, 6) is -0.516. The fourth-order valence-electron chi connectivity index (χ4n) is 3.52. The molecule has 2 aromatic heterocycles. The summed E-state index contributed by atoms with van der Waals surface area (Å²) in [5.41, 5.74) is 0.459. The molecule has 0 radical (unpaired) electrons. The Labute approximate surface area is 206 Å². The highest BCUT2D eigenvalue weighted by Gasteiger charge is 2.44. The van der Waals surface area contributed by atoms with Crippen LogP contribution in [0.15, 0.2) is 30.6 Å². The Balaban J connectivity index is 1.65. The number of alkyl carbamates (subject to hydrolysis) is 1. The Kier molecular flexibility index (Phi) is 6.56. The molecule has 14 heteroatoms. The zero-order valence-electron chi connectivity index (χ0n) is 19.1. The molecule has 35 heavy (non-hydrogen) atoms. The molecule has 0 atom stereocenters. The van der Waals surface area contributed by atoms with E-state index in [1.807, 2.05) is 0 Å². The number of carbonyl (C=O) groups is 1. The summed E-state index contributed by atoms with van der Waals surface area (Å²) in [4.78, 5) is 20.3. The molecule has 2 heterocycles. The van der Waals surface area contributed by atoms with Crippen LogP contribution in [0.25, 0.3) is 22.5 Å². The van der Waals surface area contributed by atoms with Crippen molar-refractivity contribution in [3.05, 3.63) is 41.4 Å². The Morgan fingerprint density at radius 3 is 2.71 bits per heavy atom. The Bertz CT molecular complexity index is 1390. The lowest BCUT2D eigenvalue weighted by Gasteiger charge is -2.17. The fourth-order valence-corrected chi connectivity index (χ4v) is 4.28. The second kappa shape index (κ2) is 9.30. The van der Waals surface area contributed by atoms with Crippen molar-refractivity contribution in [2.24, 2.45) is 7.05 Å². The van der Waals surface area contributed by atoms with Crippen LogP contribution in [0.3, 0.4) is 0 Å². The van der Waals surface area contributed by atoms with E-state index >= 15 is 4.39 Å². The molecule has 1 amide bonds. The normalized spacial score (nSPS) is 14.3. The maximum atomic E-state index is 15.3. The maximum absolute atomic E-state index is 15.3.